The molecule has 1 fully saturated rings. The molecule has 0 atom stereocenters. The van der Waals surface area contributed by atoms with E-state index in [1.807, 2.05) is 12.1 Å². The third-order valence-electron chi connectivity index (χ3n) is 3.41. The van der Waals surface area contributed by atoms with Gasteiger partial charge in [-0.05, 0) is 30.5 Å². The van der Waals surface area contributed by atoms with E-state index >= 15 is 0 Å². The van der Waals surface area contributed by atoms with Gasteiger partial charge in [-0.15, -0.1) is 0 Å². The Morgan fingerprint density at radius 1 is 1.50 bits per heavy atom. The number of nitrogens with one attached hydrogen (secondary N) is 1. The molecule has 20 heavy (non-hydrogen) atoms. The lowest BCUT2D eigenvalue weighted by molar-refractivity contribution is 0.178. The van der Waals surface area contributed by atoms with Gasteiger partial charge in [0.25, 0.3) is 0 Å². The largest absolute Gasteiger partial charge is 0.334 e. The van der Waals surface area contributed by atoms with Gasteiger partial charge in [0.1, 0.15) is 0 Å². The zero-order chi connectivity index (χ0) is 14.5. The zero-order valence-corrected chi connectivity index (χ0v) is 13.2. The molecule has 1 N–H and O–H groups in total. The molecule has 1 aromatic rings. The van der Waals surface area contributed by atoms with Gasteiger partial charge in [0.05, 0.1) is 6.07 Å². The molecule has 0 unspecified atom stereocenters. The van der Waals surface area contributed by atoms with E-state index in [0.29, 0.717) is 24.7 Å². The first kappa shape index (κ1) is 15.1. The maximum absolute atomic E-state index is 12.0. The average molecular weight is 357 g/mol. The second kappa shape index (κ2) is 6.96. The van der Waals surface area contributed by atoms with Crippen LogP contribution in [0.15, 0.2) is 22.7 Å². The normalized spacial score (nSPS) is 15.8. The van der Waals surface area contributed by atoms with E-state index in [9.17, 15) is 4.79 Å². The van der Waals surface area contributed by atoms with Crippen molar-refractivity contribution in [2.75, 3.05) is 13.1 Å². The van der Waals surface area contributed by atoms with Crippen LogP contribution in [0.1, 0.15) is 18.4 Å². The van der Waals surface area contributed by atoms with Gasteiger partial charge in [-0.1, -0.05) is 33.6 Å². The lowest BCUT2D eigenvalue weighted by Crippen LogP contribution is -2.44. The molecule has 0 aromatic heterocycles. The number of hydrogen-bond donors (Lipinski definition) is 1. The van der Waals surface area contributed by atoms with Crippen molar-refractivity contribution in [3.05, 3.63) is 33.3 Å². The molecular weight excluding hydrogens is 342 g/mol. The molecule has 1 aromatic carbocycles. The van der Waals surface area contributed by atoms with Crippen molar-refractivity contribution >= 4 is 33.6 Å². The maximum atomic E-state index is 12.0. The molecule has 1 aliphatic rings. The number of nitriles is 1. The molecule has 1 aliphatic heterocycles. The van der Waals surface area contributed by atoms with Crippen LogP contribution >= 0.6 is 27.5 Å². The molecule has 0 aliphatic carbocycles. The van der Waals surface area contributed by atoms with Crippen LogP contribution in [0.4, 0.5) is 4.79 Å². The number of amides is 2. The zero-order valence-electron chi connectivity index (χ0n) is 10.9. The van der Waals surface area contributed by atoms with Crippen molar-refractivity contribution in [3.63, 3.8) is 0 Å². The fraction of sp³-hybridized carbons (Fsp3) is 0.429. The molecular formula is C14H15BrClN3O. The minimum atomic E-state index is -0.0969. The maximum Gasteiger partial charge on any atom is 0.317 e. The Labute approximate surface area is 131 Å². The van der Waals surface area contributed by atoms with E-state index in [2.05, 4.69) is 27.3 Å². The number of urea groups is 1. The Hall–Kier alpha value is -1.25. The molecule has 0 bridgehead atoms. The molecule has 1 saturated heterocycles. The first-order valence-electron chi connectivity index (χ1n) is 6.46. The smallest absolute Gasteiger partial charge is 0.317 e. The molecule has 2 rings (SSSR count). The Balaban J connectivity index is 1.85. The van der Waals surface area contributed by atoms with Crippen LogP contribution in [0, 0.1) is 17.2 Å². The van der Waals surface area contributed by atoms with Crippen molar-refractivity contribution < 1.29 is 4.79 Å². The number of likely N-dealkylation sites (tertiary alicyclic amines) is 1. The molecule has 0 spiro atoms. The number of nitrogens with zero attached hydrogens (tertiary/aromatic N) is 2. The third kappa shape index (κ3) is 3.87. The number of rotatable bonds is 2. The summed E-state index contributed by atoms with van der Waals surface area (Å²) in [5, 5.41) is 12.3. The lowest BCUT2D eigenvalue weighted by Gasteiger charge is -2.29. The highest BCUT2D eigenvalue weighted by molar-refractivity contribution is 9.10. The molecule has 0 saturated carbocycles. The SMILES string of the molecule is N#CC1CCN(C(=O)NCc2ccc(Br)cc2Cl)CC1. The molecule has 4 nitrogen and oxygen atoms in total. The van der Waals surface area contributed by atoms with Crippen LogP contribution in [-0.2, 0) is 6.54 Å². The minimum absolute atomic E-state index is 0.0833. The summed E-state index contributed by atoms with van der Waals surface area (Å²) in [5.41, 5.74) is 0.884. The highest BCUT2D eigenvalue weighted by Crippen LogP contribution is 2.21. The van der Waals surface area contributed by atoms with Gasteiger partial charge in [0.2, 0.25) is 0 Å². The van der Waals surface area contributed by atoms with Gasteiger partial charge in [0.15, 0.2) is 0 Å². The van der Waals surface area contributed by atoms with Gasteiger partial charge < -0.3 is 10.2 Å². The summed E-state index contributed by atoms with van der Waals surface area (Å²) < 4.78 is 0.913. The van der Waals surface area contributed by atoms with Crippen molar-refractivity contribution in [1.82, 2.24) is 10.2 Å². The highest BCUT2D eigenvalue weighted by atomic mass is 79.9. The van der Waals surface area contributed by atoms with Gasteiger partial charge >= 0.3 is 6.03 Å². The van der Waals surface area contributed by atoms with Crippen LogP contribution in [0.25, 0.3) is 0 Å². The number of carbonyl (C=O) groups is 1. The molecule has 1 heterocycles. The number of piperidine rings is 1. The van der Waals surface area contributed by atoms with Crippen LogP contribution in [0.2, 0.25) is 5.02 Å². The fourth-order valence-electron chi connectivity index (χ4n) is 2.16. The second-order valence-corrected chi connectivity index (χ2v) is 6.11. The monoisotopic (exact) mass is 355 g/mol. The van der Waals surface area contributed by atoms with Gasteiger partial charge in [0, 0.05) is 35.0 Å². The van der Waals surface area contributed by atoms with Crippen LogP contribution in [0.5, 0.6) is 0 Å². The summed E-state index contributed by atoms with van der Waals surface area (Å²) >= 11 is 9.45. The summed E-state index contributed by atoms with van der Waals surface area (Å²) in [6.45, 7) is 1.68. The second-order valence-electron chi connectivity index (χ2n) is 4.78. The Bertz CT molecular complexity index is 536. The average Bonchev–Trinajstić information content (AvgIpc) is 2.46. The topological polar surface area (TPSA) is 56.1 Å². The van der Waals surface area contributed by atoms with Crippen LogP contribution in [0.3, 0.4) is 0 Å². The first-order valence-corrected chi connectivity index (χ1v) is 7.63. The van der Waals surface area contributed by atoms with E-state index in [1.165, 1.54) is 0 Å². The van der Waals surface area contributed by atoms with E-state index in [4.69, 9.17) is 16.9 Å². The number of benzene rings is 1. The quantitative estimate of drug-likeness (QED) is 0.881. The molecule has 2 amide bonds. The summed E-state index contributed by atoms with van der Waals surface area (Å²) in [7, 11) is 0. The summed E-state index contributed by atoms with van der Waals surface area (Å²) in [6.07, 6.45) is 1.51. The lowest BCUT2D eigenvalue weighted by atomic mass is 9.99. The number of carbonyl (C=O) groups excluding carboxylic acids is 1. The van der Waals surface area contributed by atoms with E-state index in [0.717, 1.165) is 22.9 Å². The van der Waals surface area contributed by atoms with E-state index in [-0.39, 0.29) is 11.9 Å². The van der Waals surface area contributed by atoms with Gasteiger partial charge in [-0.25, -0.2) is 4.79 Å². The Morgan fingerprint density at radius 3 is 2.80 bits per heavy atom. The number of halogens is 2. The van der Waals surface area contributed by atoms with Gasteiger partial charge in [-0.3, -0.25) is 0 Å². The van der Waals surface area contributed by atoms with Crippen molar-refractivity contribution in [1.29, 1.82) is 5.26 Å². The third-order valence-corrected chi connectivity index (χ3v) is 4.26. The van der Waals surface area contributed by atoms with E-state index < -0.39 is 0 Å². The summed E-state index contributed by atoms with van der Waals surface area (Å²) in [5.74, 6) is 0.0833. The number of hydrogen-bond acceptors (Lipinski definition) is 2. The van der Waals surface area contributed by atoms with Gasteiger partial charge in [-0.2, -0.15) is 5.26 Å². The highest BCUT2D eigenvalue weighted by Gasteiger charge is 2.22. The van der Waals surface area contributed by atoms with Crippen molar-refractivity contribution in [2.24, 2.45) is 5.92 Å². The van der Waals surface area contributed by atoms with Crippen molar-refractivity contribution in [2.45, 2.75) is 19.4 Å². The summed E-state index contributed by atoms with van der Waals surface area (Å²) in [6, 6.07) is 7.74. The predicted molar refractivity (Wildman–Crippen MR) is 81.3 cm³/mol. The molecule has 6 heteroatoms. The predicted octanol–water partition coefficient (Wildman–Crippen LogP) is 3.55. The summed E-state index contributed by atoms with van der Waals surface area (Å²) in [4.78, 5) is 13.8. The van der Waals surface area contributed by atoms with Crippen molar-refractivity contribution in [3.8, 4) is 6.07 Å². The minimum Gasteiger partial charge on any atom is -0.334 e. The Morgan fingerprint density at radius 2 is 2.20 bits per heavy atom. The Kier molecular flexibility index (Phi) is 5.27. The standard InChI is InChI=1S/C14H15BrClN3O/c15-12-2-1-11(13(16)7-12)9-18-14(20)19-5-3-10(8-17)4-6-19/h1-2,7,10H,3-6,9H2,(H,18,20). The van der Waals surface area contributed by atoms with Crippen LogP contribution in [-0.4, -0.2) is 24.0 Å². The first-order chi connectivity index (χ1) is 9.60. The van der Waals surface area contributed by atoms with E-state index in [1.54, 1.807) is 11.0 Å². The molecule has 106 valence electrons. The fourth-order valence-corrected chi connectivity index (χ4v) is 2.90. The molecule has 0 radical (unpaired) electrons. The van der Waals surface area contributed by atoms with Crippen LogP contribution < -0.4 is 5.32 Å².